The minimum atomic E-state index is -0.154. The van der Waals surface area contributed by atoms with Crippen molar-refractivity contribution >= 4 is 11.0 Å². The second kappa shape index (κ2) is 7.05. The number of para-hydroxylation sites is 1. The van der Waals surface area contributed by atoms with Crippen LogP contribution in [0.2, 0.25) is 0 Å². The summed E-state index contributed by atoms with van der Waals surface area (Å²) in [5.41, 5.74) is 1.93. The average Bonchev–Trinajstić information content (AvgIpc) is 3.23. The van der Waals surface area contributed by atoms with E-state index in [-0.39, 0.29) is 11.4 Å². The zero-order valence-corrected chi connectivity index (χ0v) is 15.1. The highest BCUT2D eigenvalue weighted by Crippen LogP contribution is 2.27. The van der Waals surface area contributed by atoms with E-state index in [9.17, 15) is 4.79 Å². The molecule has 140 valence electrons. The predicted octanol–water partition coefficient (Wildman–Crippen LogP) is 4.23. The Balaban J connectivity index is 1.51. The lowest BCUT2D eigenvalue weighted by Gasteiger charge is -2.07. The predicted molar refractivity (Wildman–Crippen MR) is 107 cm³/mol. The Kier molecular flexibility index (Phi) is 4.10. The number of aromatic nitrogens is 4. The molecular weight excluding hydrogens is 368 g/mol. The van der Waals surface area contributed by atoms with Crippen molar-refractivity contribution in [3.05, 3.63) is 95.2 Å². The SMILES string of the molecule is O=c1cc(-c2ccccc2)oc2ccc(Oc3nnnn3-c3ccccc3)cc12. The molecule has 0 unspecified atom stereocenters. The highest BCUT2D eigenvalue weighted by Gasteiger charge is 2.13. The van der Waals surface area contributed by atoms with Gasteiger partial charge in [0, 0.05) is 11.6 Å². The summed E-state index contributed by atoms with van der Waals surface area (Å²) in [7, 11) is 0. The molecule has 0 aliphatic heterocycles. The van der Waals surface area contributed by atoms with E-state index in [4.69, 9.17) is 9.15 Å². The Morgan fingerprint density at radius 3 is 2.41 bits per heavy atom. The minimum Gasteiger partial charge on any atom is -0.456 e. The van der Waals surface area contributed by atoms with E-state index in [1.165, 1.54) is 10.7 Å². The molecule has 0 saturated carbocycles. The van der Waals surface area contributed by atoms with Gasteiger partial charge in [-0.2, -0.15) is 4.68 Å². The van der Waals surface area contributed by atoms with E-state index in [2.05, 4.69) is 15.5 Å². The fourth-order valence-corrected chi connectivity index (χ4v) is 3.02. The first-order valence-corrected chi connectivity index (χ1v) is 8.93. The molecule has 5 rings (SSSR count). The summed E-state index contributed by atoms with van der Waals surface area (Å²) in [5, 5.41) is 12.0. The van der Waals surface area contributed by atoms with Gasteiger partial charge in [0.15, 0.2) is 5.43 Å². The lowest BCUT2D eigenvalue weighted by Crippen LogP contribution is -2.02. The summed E-state index contributed by atoms with van der Waals surface area (Å²) in [5.74, 6) is 0.953. The molecule has 0 fully saturated rings. The first kappa shape index (κ1) is 16.9. The summed E-state index contributed by atoms with van der Waals surface area (Å²) in [6.07, 6.45) is 0. The Bertz CT molecular complexity index is 1350. The van der Waals surface area contributed by atoms with E-state index in [1.54, 1.807) is 18.2 Å². The molecule has 0 atom stereocenters. The van der Waals surface area contributed by atoms with Crippen molar-refractivity contribution in [1.29, 1.82) is 0 Å². The molecule has 2 heterocycles. The molecule has 0 saturated heterocycles. The highest BCUT2D eigenvalue weighted by atomic mass is 16.5. The van der Waals surface area contributed by atoms with E-state index >= 15 is 0 Å². The van der Waals surface area contributed by atoms with Gasteiger partial charge in [-0.3, -0.25) is 4.79 Å². The van der Waals surface area contributed by atoms with Crippen LogP contribution in [0.1, 0.15) is 0 Å². The second-order valence-electron chi connectivity index (χ2n) is 6.31. The monoisotopic (exact) mass is 382 g/mol. The summed E-state index contributed by atoms with van der Waals surface area (Å²) in [6, 6.07) is 25.6. The highest BCUT2D eigenvalue weighted by molar-refractivity contribution is 5.80. The first-order valence-electron chi connectivity index (χ1n) is 8.93. The Hall–Kier alpha value is -4.26. The maximum Gasteiger partial charge on any atom is 0.345 e. The standard InChI is InChI=1S/C22H14N4O3/c27-19-14-21(15-7-3-1-4-8-15)29-20-12-11-17(13-18(19)20)28-22-23-24-25-26(22)16-9-5-2-6-10-16/h1-14H. The average molecular weight is 382 g/mol. The molecule has 7 nitrogen and oxygen atoms in total. The third-order valence-corrected chi connectivity index (χ3v) is 4.41. The molecular formula is C22H14N4O3. The maximum atomic E-state index is 12.7. The molecule has 0 amide bonds. The Morgan fingerprint density at radius 2 is 1.62 bits per heavy atom. The number of fused-ring (bicyclic) bond motifs is 1. The quantitative estimate of drug-likeness (QED) is 0.463. The third kappa shape index (κ3) is 3.25. The van der Waals surface area contributed by atoms with Gasteiger partial charge in [-0.1, -0.05) is 53.6 Å². The van der Waals surface area contributed by atoms with Gasteiger partial charge in [0.25, 0.3) is 0 Å². The van der Waals surface area contributed by atoms with Crippen molar-refractivity contribution in [3.8, 4) is 28.8 Å². The topological polar surface area (TPSA) is 83.0 Å². The van der Waals surface area contributed by atoms with Gasteiger partial charge in [0.2, 0.25) is 0 Å². The van der Waals surface area contributed by atoms with Crippen molar-refractivity contribution in [2.75, 3.05) is 0 Å². The molecule has 29 heavy (non-hydrogen) atoms. The van der Waals surface area contributed by atoms with Crippen LogP contribution in [0.5, 0.6) is 11.8 Å². The summed E-state index contributed by atoms with van der Waals surface area (Å²) >= 11 is 0. The van der Waals surface area contributed by atoms with Crippen molar-refractivity contribution in [2.45, 2.75) is 0 Å². The lowest BCUT2D eigenvalue weighted by atomic mass is 10.1. The zero-order valence-electron chi connectivity index (χ0n) is 15.1. The van der Waals surface area contributed by atoms with E-state index in [0.29, 0.717) is 22.5 Å². The van der Waals surface area contributed by atoms with E-state index in [1.807, 2.05) is 60.7 Å². The molecule has 2 aromatic heterocycles. The smallest absolute Gasteiger partial charge is 0.345 e. The summed E-state index contributed by atoms with van der Waals surface area (Å²) in [6.45, 7) is 0. The fourth-order valence-electron chi connectivity index (χ4n) is 3.02. The zero-order chi connectivity index (χ0) is 19.6. The molecule has 0 N–H and O–H groups in total. The van der Waals surface area contributed by atoms with Gasteiger partial charge in [-0.25, -0.2) is 0 Å². The number of hydrogen-bond donors (Lipinski definition) is 0. The Morgan fingerprint density at radius 1 is 0.862 bits per heavy atom. The summed E-state index contributed by atoms with van der Waals surface area (Å²) < 4.78 is 13.2. The van der Waals surface area contributed by atoms with Crippen LogP contribution in [0.3, 0.4) is 0 Å². The molecule has 0 aliphatic rings. The van der Waals surface area contributed by atoms with Crippen LogP contribution >= 0.6 is 0 Å². The maximum absolute atomic E-state index is 12.7. The van der Waals surface area contributed by atoms with Crippen LogP contribution in [0.4, 0.5) is 0 Å². The van der Waals surface area contributed by atoms with Crippen LogP contribution < -0.4 is 10.2 Å². The molecule has 0 spiro atoms. The van der Waals surface area contributed by atoms with Crippen LogP contribution in [-0.2, 0) is 0 Å². The van der Waals surface area contributed by atoms with Gasteiger partial charge in [-0.05, 0) is 40.8 Å². The van der Waals surface area contributed by atoms with Crippen LogP contribution in [-0.4, -0.2) is 20.2 Å². The first-order chi connectivity index (χ1) is 14.3. The van der Waals surface area contributed by atoms with Crippen molar-refractivity contribution in [2.24, 2.45) is 0 Å². The Labute approximate surface area is 164 Å². The third-order valence-electron chi connectivity index (χ3n) is 4.41. The van der Waals surface area contributed by atoms with Crippen LogP contribution in [0.25, 0.3) is 28.0 Å². The number of hydrogen-bond acceptors (Lipinski definition) is 6. The number of tetrazole rings is 1. The molecule has 0 bridgehead atoms. The molecule has 0 radical (unpaired) electrons. The van der Waals surface area contributed by atoms with Crippen molar-refractivity contribution < 1.29 is 9.15 Å². The normalized spacial score (nSPS) is 10.9. The van der Waals surface area contributed by atoms with Gasteiger partial charge in [0.05, 0.1) is 11.1 Å². The van der Waals surface area contributed by atoms with Crippen molar-refractivity contribution in [1.82, 2.24) is 20.2 Å². The summed E-state index contributed by atoms with van der Waals surface area (Å²) in [4.78, 5) is 12.7. The van der Waals surface area contributed by atoms with Gasteiger partial charge in [0.1, 0.15) is 17.1 Å². The number of rotatable bonds is 4. The van der Waals surface area contributed by atoms with Gasteiger partial charge < -0.3 is 9.15 Å². The van der Waals surface area contributed by atoms with Crippen LogP contribution in [0, 0.1) is 0 Å². The molecule has 7 heteroatoms. The number of ether oxygens (including phenoxy) is 1. The lowest BCUT2D eigenvalue weighted by molar-refractivity contribution is 0.427. The second-order valence-corrected chi connectivity index (χ2v) is 6.31. The molecule has 5 aromatic rings. The van der Waals surface area contributed by atoms with Gasteiger partial charge >= 0.3 is 6.01 Å². The van der Waals surface area contributed by atoms with E-state index in [0.717, 1.165) is 11.3 Å². The minimum absolute atomic E-state index is 0.154. The largest absolute Gasteiger partial charge is 0.456 e. The number of nitrogens with zero attached hydrogens (tertiary/aromatic N) is 4. The number of benzene rings is 3. The van der Waals surface area contributed by atoms with E-state index < -0.39 is 0 Å². The van der Waals surface area contributed by atoms with Crippen LogP contribution in [0.15, 0.2) is 94.1 Å². The van der Waals surface area contributed by atoms with Crippen molar-refractivity contribution in [3.63, 3.8) is 0 Å². The molecule has 3 aromatic carbocycles. The molecule has 0 aliphatic carbocycles. The van der Waals surface area contributed by atoms with Gasteiger partial charge in [-0.15, -0.1) is 0 Å². The fraction of sp³-hybridized carbons (Fsp3) is 0.